The molecule has 0 aliphatic heterocycles. The third kappa shape index (κ3) is 4.89. The summed E-state index contributed by atoms with van der Waals surface area (Å²) in [4.78, 5) is 11.9. The second kappa shape index (κ2) is 7.41. The van der Waals surface area contributed by atoms with E-state index in [0.29, 0.717) is 6.61 Å². The highest BCUT2D eigenvalue weighted by Gasteiger charge is 1.99. The van der Waals surface area contributed by atoms with E-state index in [2.05, 4.69) is 5.32 Å². The maximum absolute atomic E-state index is 11.9. The summed E-state index contributed by atoms with van der Waals surface area (Å²) in [5.41, 5.74) is 3.98. The molecule has 3 heteroatoms. The first-order valence-corrected chi connectivity index (χ1v) is 6.81. The molecule has 0 radical (unpaired) electrons. The standard InChI is InChI=1S/C18H19NO2/c1-14-5-3-6-15(11-14)9-10-18(20)19-17-8-4-7-16(12-17)13-21-2/h3-12H,13H2,1-2H3,(H,19,20)/b10-9+. The van der Waals surface area contributed by atoms with Gasteiger partial charge in [-0.1, -0.05) is 42.0 Å². The van der Waals surface area contributed by atoms with Gasteiger partial charge < -0.3 is 10.1 Å². The molecule has 0 aromatic heterocycles. The average Bonchev–Trinajstić information content (AvgIpc) is 2.46. The summed E-state index contributed by atoms with van der Waals surface area (Å²) < 4.78 is 5.08. The number of ether oxygens (including phenoxy) is 1. The molecule has 0 unspecified atom stereocenters. The molecule has 0 aliphatic carbocycles. The van der Waals surface area contributed by atoms with E-state index in [4.69, 9.17) is 4.74 Å². The molecule has 2 aromatic rings. The van der Waals surface area contributed by atoms with Crippen LogP contribution in [0.15, 0.2) is 54.6 Å². The normalized spacial score (nSPS) is 10.8. The maximum atomic E-state index is 11.9. The second-order valence-corrected chi connectivity index (χ2v) is 4.87. The lowest BCUT2D eigenvalue weighted by molar-refractivity contribution is -0.111. The Morgan fingerprint density at radius 1 is 1.19 bits per heavy atom. The van der Waals surface area contributed by atoms with Crippen molar-refractivity contribution in [3.63, 3.8) is 0 Å². The monoisotopic (exact) mass is 281 g/mol. The molecule has 0 saturated heterocycles. The first kappa shape index (κ1) is 15.0. The number of hydrogen-bond acceptors (Lipinski definition) is 2. The highest BCUT2D eigenvalue weighted by molar-refractivity contribution is 6.01. The number of carbonyl (C=O) groups is 1. The van der Waals surface area contributed by atoms with Crippen LogP contribution in [0.3, 0.4) is 0 Å². The Morgan fingerprint density at radius 3 is 2.76 bits per heavy atom. The highest BCUT2D eigenvalue weighted by Crippen LogP contribution is 2.12. The van der Waals surface area contributed by atoms with Gasteiger partial charge in [-0.15, -0.1) is 0 Å². The minimum Gasteiger partial charge on any atom is -0.380 e. The van der Waals surface area contributed by atoms with E-state index in [1.165, 1.54) is 11.6 Å². The van der Waals surface area contributed by atoms with Crippen molar-refractivity contribution >= 4 is 17.7 Å². The van der Waals surface area contributed by atoms with Crippen molar-refractivity contribution in [3.05, 3.63) is 71.3 Å². The van der Waals surface area contributed by atoms with Crippen molar-refractivity contribution in [3.8, 4) is 0 Å². The Kier molecular flexibility index (Phi) is 5.29. The minimum atomic E-state index is -0.147. The van der Waals surface area contributed by atoms with Crippen molar-refractivity contribution in [2.24, 2.45) is 0 Å². The summed E-state index contributed by atoms with van der Waals surface area (Å²) in [6, 6.07) is 15.6. The Hall–Kier alpha value is -2.39. The summed E-state index contributed by atoms with van der Waals surface area (Å²) in [5.74, 6) is -0.147. The molecular formula is C18H19NO2. The fourth-order valence-corrected chi connectivity index (χ4v) is 2.04. The van der Waals surface area contributed by atoms with E-state index in [1.54, 1.807) is 13.2 Å². The Balaban J connectivity index is 1.99. The lowest BCUT2D eigenvalue weighted by atomic mass is 10.1. The van der Waals surface area contributed by atoms with Crippen LogP contribution in [-0.2, 0) is 16.1 Å². The fourth-order valence-electron chi connectivity index (χ4n) is 2.04. The summed E-state index contributed by atoms with van der Waals surface area (Å²) in [5, 5.41) is 2.84. The number of amides is 1. The maximum Gasteiger partial charge on any atom is 0.248 e. The molecule has 108 valence electrons. The van der Waals surface area contributed by atoms with Gasteiger partial charge in [-0.3, -0.25) is 4.79 Å². The van der Waals surface area contributed by atoms with Crippen LogP contribution in [-0.4, -0.2) is 13.0 Å². The number of benzene rings is 2. The first-order chi connectivity index (χ1) is 10.2. The van der Waals surface area contributed by atoms with E-state index < -0.39 is 0 Å². The van der Waals surface area contributed by atoms with Gasteiger partial charge in [0.15, 0.2) is 0 Å². The van der Waals surface area contributed by atoms with Gasteiger partial charge in [-0.25, -0.2) is 0 Å². The van der Waals surface area contributed by atoms with E-state index in [1.807, 2.05) is 55.5 Å². The molecule has 0 bridgehead atoms. The highest BCUT2D eigenvalue weighted by atomic mass is 16.5. The number of anilines is 1. The molecule has 2 rings (SSSR count). The SMILES string of the molecule is COCc1cccc(NC(=O)/C=C/c2cccc(C)c2)c1. The van der Waals surface area contributed by atoms with E-state index in [9.17, 15) is 4.79 Å². The molecule has 21 heavy (non-hydrogen) atoms. The molecule has 1 N–H and O–H groups in total. The molecule has 2 aromatic carbocycles. The molecule has 0 spiro atoms. The Bertz CT molecular complexity index is 647. The van der Waals surface area contributed by atoms with Gasteiger partial charge in [0.25, 0.3) is 0 Å². The van der Waals surface area contributed by atoms with Crippen molar-refractivity contribution in [2.45, 2.75) is 13.5 Å². The number of hydrogen-bond donors (Lipinski definition) is 1. The van der Waals surface area contributed by atoms with Gasteiger partial charge in [0.2, 0.25) is 5.91 Å². The van der Waals surface area contributed by atoms with Gasteiger partial charge in [-0.2, -0.15) is 0 Å². The molecule has 0 atom stereocenters. The first-order valence-electron chi connectivity index (χ1n) is 6.81. The number of methoxy groups -OCH3 is 1. The third-order valence-corrected chi connectivity index (χ3v) is 2.97. The van der Waals surface area contributed by atoms with Crippen molar-refractivity contribution in [1.29, 1.82) is 0 Å². The minimum absolute atomic E-state index is 0.147. The van der Waals surface area contributed by atoms with Gasteiger partial charge in [0, 0.05) is 18.9 Å². The predicted molar refractivity (Wildman–Crippen MR) is 86.0 cm³/mol. The lowest BCUT2D eigenvalue weighted by Crippen LogP contribution is -2.08. The number of aryl methyl sites for hydroxylation is 1. The Morgan fingerprint density at radius 2 is 2.00 bits per heavy atom. The number of carbonyl (C=O) groups excluding carboxylic acids is 1. The number of rotatable bonds is 5. The van der Waals surface area contributed by atoms with Gasteiger partial charge in [0.1, 0.15) is 0 Å². The molecule has 0 saturated carbocycles. The van der Waals surface area contributed by atoms with E-state index >= 15 is 0 Å². The van der Waals surface area contributed by atoms with Crippen molar-refractivity contribution < 1.29 is 9.53 Å². The zero-order chi connectivity index (χ0) is 15.1. The van der Waals surface area contributed by atoms with Gasteiger partial charge in [-0.05, 0) is 36.3 Å². The summed E-state index contributed by atoms with van der Waals surface area (Å²) in [6.07, 6.45) is 3.35. The second-order valence-electron chi connectivity index (χ2n) is 4.87. The molecule has 0 aliphatic rings. The van der Waals surface area contributed by atoms with Crippen molar-refractivity contribution in [2.75, 3.05) is 12.4 Å². The smallest absolute Gasteiger partial charge is 0.248 e. The zero-order valence-corrected chi connectivity index (χ0v) is 12.3. The van der Waals surface area contributed by atoms with Crippen LogP contribution in [0.5, 0.6) is 0 Å². The van der Waals surface area contributed by atoms with Crippen LogP contribution >= 0.6 is 0 Å². The average molecular weight is 281 g/mol. The molecule has 3 nitrogen and oxygen atoms in total. The van der Waals surface area contributed by atoms with Crippen molar-refractivity contribution in [1.82, 2.24) is 0 Å². The fraction of sp³-hybridized carbons (Fsp3) is 0.167. The van der Waals surface area contributed by atoms with Gasteiger partial charge in [0.05, 0.1) is 6.61 Å². The predicted octanol–water partition coefficient (Wildman–Crippen LogP) is 3.79. The molecule has 0 heterocycles. The van der Waals surface area contributed by atoms with E-state index in [0.717, 1.165) is 16.8 Å². The number of nitrogens with one attached hydrogen (secondary N) is 1. The van der Waals surface area contributed by atoms with Gasteiger partial charge >= 0.3 is 0 Å². The molecule has 0 fully saturated rings. The molecule has 1 amide bonds. The van der Waals surface area contributed by atoms with Crippen LogP contribution in [0.4, 0.5) is 5.69 Å². The van der Waals surface area contributed by atoms with Crippen LogP contribution in [0.25, 0.3) is 6.08 Å². The van der Waals surface area contributed by atoms with Crippen LogP contribution < -0.4 is 5.32 Å². The largest absolute Gasteiger partial charge is 0.380 e. The van der Waals surface area contributed by atoms with Crippen LogP contribution in [0.2, 0.25) is 0 Å². The topological polar surface area (TPSA) is 38.3 Å². The quantitative estimate of drug-likeness (QED) is 0.847. The summed E-state index contributed by atoms with van der Waals surface area (Å²) in [6.45, 7) is 2.56. The zero-order valence-electron chi connectivity index (χ0n) is 12.3. The Labute approximate surface area is 125 Å². The van der Waals surface area contributed by atoms with Crippen LogP contribution in [0, 0.1) is 6.92 Å². The van der Waals surface area contributed by atoms with Crippen LogP contribution in [0.1, 0.15) is 16.7 Å². The molecular weight excluding hydrogens is 262 g/mol. The summed E-state index contributed by atoms with van der Waals surface area (Å²) in [7, 11) is 1.65. The third-order valence-electron chi connectivity index (χ3n) is 2.97. The summed E-state index contributed by atoms with van der Waals surface area (Å²) >= 11 is 0. The lowest BCUT2D eigenvalue weighted by Gasteiger charge is -2.05. The van der Waals surface area contributed by atoms with E-state index in [-0.39, 0.29) is 5.91 Å².